The van der Waals surface area contributed by atoms with Crippen molar-refractivity contribution in [3.05, 3.63) is 22.2 Å². The maximum Gasteiger partial charge on any atom is 0.351 e. The van der Waals surface area contributed by atoms with E-state index in [0.29, 0.717) is 17.1 Å². The number of hydrogen-bond donors (Lipinski definition) is 1. The van der Waals surface area contributed by atoms with Crippen molar-refractivity contribution < 1.29 is 14.3 Å². The largest absolute Gasteiger partial charge is 0.451 e. The van der Waals surface area contributed by atoms with Crippen molar-refractivity contribution >= 4 is 39.1 Å². The van der Waals surface area contributed by atoms with Gasteiger partial charge in [-0.25, -0.2) is 9.78 Å². The number of fused-ring (bicyclic) bond motifs is 1. The van der Waals surface area contributed by atoms with Crippen LogP contribution in [-0.4, -0.2) is 41.0 Å². The number of anilines is 1. The molecule has 0 aromatic carbocycles. The summed E-state index contributed by atoms with van der Waals surface area (Å²) >= 11 is 1.22. The van der Waals surface area contributed by atoms with Crippen LogP contribution in [0.2, 0.25) is 0 Å². The van der Waals surface area contributed by atoms with Crippen LogP contribution in [0.25, 0.3) is 10.2 Å². The van der Waals surface area contributed by atoms with Gasteiger partial charge in [0, 0.05) is 23.7 Å². The van der Waals surface area contributed by atoms with Crippen LogP contribution in [0.4, 0.5) is 5.69 Å². The van der Waals surface area contributed by atoms with Gasteiger partial charge in [-0.05, 0) is 45.2 Å². The number of likely N-dealkylation sites (N-methyl/N-ethyl adjacent to an activating group) is 1. The van der Waals surface area contributed by atoms with Crippen molar-refractivity contribution in [1.82, 2.24) is 9.88 Å². The molecule has 1 saturated carbocycles. The summed E-state index contributed by atoms with van der Waals surface area (Å²) in [5, 5.41) is 0.793. The van der Waals surface area contributed by atoms with Gasteiger partial charge in [0.25, 0.3) is 5.91 Å². The molecule has 0 saturated heterocycles. The molecule has 1 fully saturated rings. The zero-order chi connectivity index (χ0) is 19.6. The molecular weight excluding hydrogens is 362 g/mol. The summed E-state index contributed by atoms with van der Waals surface area (Å²) in [4.78, 5) is 32.4. The molecule has 1 aliphatic carbocycles. The number of nitrogen functional groups attached to an aromatic ring is 1. The third-order valence-corrected chi connectivity index (χ3v) is 6.29. The minimum atomic E-state index is -0.555. The summed E-state index contributed by atoms with van der Waals surface area (Å²) in [6.07, 6.45) is 5.59. The summed E-state index contributed by atoms with van der Waals surface area (Å²) in [5.74, 6) is -0.691. The molecule has 2 heterocycles. The fourth-order valence-electron chi connectivity index (χ4n) is 3.93. The van der Waals surface area contributed by atoms with Gasteiger partial charge in [0.2, 0.25) is 0 Å². The number of aryl methyl sites for hydroxylation is 2. The fourth-order valence-corrected chi connectivity index (χ4v) is 5.04. The number of hydrogen-bond acceptors (Lipinski definition) is 6. The minimum Gasteiger partial charge on any atom is -0.451 e. The van der Waals surface area contributed by atoms with E-state index in [-0.39, 0.29) is 18.6 Å². The lowest BCUT2D eigenvalue weighted by molar-refractivity contribution is -0.137. The molecule has 0 unspecified atom stereocenters. The number of amides is 1. The number of esters is 1. The Hall–Kier alpha value is -2.15. The van der Waals surface area contributed by atoms with Gasteiger partial charge in [0.1, 0.15) is 9.71 Å². The smallest absolute Gasteiger partial charge is 0.351 e. The molecule has 1 aliphatic rings. The number of carbonyl (C=O) groups is 2. The van der Waals surface area contributed by atoms with E-state index < -0.39 is 5.97 Å². The molecule has 0 aliphatic heterocycles. The van der Waals surface area contributed by atoms with E-state index in [1.807, 2.05) is 31.7 Å². The number of nitrogens with two attached hydrogens (primary N) is 1. The first-order chi connectivity index (χ1) is 12.9. The molecule has 2 N–H and O–H groups in total. The summed E-state index contributed by atoms with van der Waals surface area (Å²) in [6.45, 7) is 6.21. The van der Waals surface area contributed by atoms with Crippen molar-refractivity contribution in [2.75, 3.05) is 18.9 Å². The fraction of sp³-hybridized carbons (Fsp3) is 0.550. The van der Waals surface area contributed by atoms with E-state index in [4.69, 9.17) is 10.5 Å². The topological polar surface area (TPSA) is 85.5 Å². The zero-order valence-corrected chi connectivity index (χ0v) is 17.0. The van der Waals surface area contributed by atoms with Crippen molar-refractivity contribution in [2.24, 2.45) is 0 Å². The quantitative estimate of drug-likeness (QED) is 0.786. The average molecular weight is 390 g/mol. The van der Waals surface area contributed by atoms with Gasteiger partial charge in [-0.15, -0.1) is 11.3 Å². The van der Waals surface area contributed by atoms with Crippen LogP contribution in [0, 0.1) is 13.8 Å². The first-order valence-electron chi connectivity index (χ1n) is 9.55. The van der Waals surface area contributed by atoms with Gasteiger partial charge < -0.3 is 15.4 Å². The van der Waals surface area contributed by atoms with Crippen molar-refractivity contribution in [3.8, 4) is 0 Å². The third-order valence-electron chi connectivity index (χ3n) is 5.21. The molecule has 0 radical (unpaired) electrons. The Kier molecular flexibility index (Phi) is 5.99. The summed E-state index contributed by atoms with van der Waals surface area (Å²) in [7, 11) is 0. The van der Waals surface area contributed by atoms with E-state index in [2.05, 4.69) is 4.98 Å². The van der Waals surface area contributed by atoms with Crippen molar-refractivity contribution in [3.63, 3.8) is 0 Å². The molecule has 6 nitrogen and oxygen atoms in total. The first-order valence-corrected chi connectivity index (χ1v) is 10.4. The maximum absolute atomic E-state index is 12.6. The number of pyridine rings is 1. The molecule has 2 aromatic rings. The predicted molar refractivity (Wildman–Crippen MR) is 108 cm³/mol. The highest BCUT2D eigenvalue weighted by Crippen LogP contribution is 2.35. The van der Waals surface area contributed by atoms with Crippen LogP contribution in [0.15, 0.2) is 6.07 Å². The summed E-state index contributed by atoms with van der Waals surface area (Å²) in [5.41, 5.74) is 8.42. The monoisotopic (exact) mass is 389 g/mol. The highest BCUT2D eigenvalue weighted by Gasteiger charge is 2.26. The highest BCUT2D eigenvalue weighted by molar-refractivity contribution is 7.21. The summed E-state index contributed by atoms with van der Waals surface area (Å²) in [6, 6.07) is 2.20. The predicted octanol–water partition coefficient (Wildman–Crippen LogP) is 3.83. The molecule has 2 aromatic heterocycles. The van der Waals surface area contributed by atoms with Crippen LogP contribution < -0.4 is 5.73 Å². The molecule has 0 atom stereocenters. The average Bonchev–Trinajstić information content (AvgIpc) is 2.98. The second kappa shape index (κ2) is 8.25. The normalized spacial score (nSPS) is 15.1. The van der Waals surface area contributed by atoms with Gasteiger partial charge in [-0.3, -0.25) is 4.79 Å². The Bertz CT molecular complexity index is 856. The SMILES string of the molecule is CCN(C(=O)COC(=O)c1sc2nc(C)cc(C)c2c1N)C1CCCCC1. The Morgan fingerprint density at radius 1 is 1.30 bits per heavy atom. The second-order valence-corrected chi connectivity index (χ2v) is 8.15. The highest BCUT2D eigenvalue weighted by atomic mass is 32.1. The van der Waals surface area contributed by atoms with Gasteiger partial charge in [0.05, 0.1) is 5.69 Å². The minimum absolute atomic E-state index is 0.136. The molecule has 146 valence electrons. The van der Waals surface area contributed by atoms with Crippen LogP contribution in [0.5, 0.6) is 0 Å². The van der Waals surface area contributed by atoms with E-state index in [1.54, 1.807) is 0 Å². The number of aromatic nitrogens is 1. The standard InChI is InChI=1S/C20H27N3O3S/c1-4-23(14-8-6-5-7-9-14)15(24)11-26-20(25)18-17(21)16-12(2)10-13(3)22-19(16)27-18/h10,14H,4-9,11,21H2,1-3H3. The Labute approximate surface area is 163 Å². The van der Waals surface area contributed by atoms with Crippen LogP contribution >= 0.6 is 11.3 Å². The molecule has 1 amide bonds. The van der Waals surface area contributed by atoms with Gasteiger partial charge in [-0.2, -0.15) is 0 Å². The van der Waals surface area contributed by atoms with Crippen LogP contribution in [-0.2, 0) is 9.53 Å². The van der Waals surface area contributed by atoms with E-state index in [1.165, 1.54) is 17.8 Å². The third kappa shape index (κ3) is 4.08. The molecule has 3 rings (SSSR count). The molecular formula is C20H27N3O3S. The van der Waals surface area contributed by atoms with E-state index in [0.717, 1.165) is 47.2 Å². The lowest BCUT2D eigenvalue weighted by Crippen LogP contribution is -2.43. The molecule has 27 heavy (non-hydrogen) atoms. The van der Waals surface area contributed by atoms with Gasteiger partial charge >= 0.3 is 5.97 Å². The van der Waals surface area contributed by atoms with Gasteiger partial charge in [-0.1, -0.05) is 19.3 Å². The lowest BCUT2D eigenvalue weighted by atomic mass is 9.94. The van der Waals surface area contributed by atoms with Crippen LogP contribution in [0.3, 0.4) is 0 Å². The maximum atomic E-state index is 12.6. The van der Waals surface area contributed by atoms with E-state index >= 15 is 0 Å². The van der Waals surface area contributed by atoms with Gasteiger partial charge in [0.15, 0.2) is 6.61 Å². The van der Waals surface area contributed by atoms with Crippen LogP contribution in [0.1, 0.15) is 60.0 Å². The molecule has 0 bridgehead atoms. The van der Waals surface area contributed by atoms with Crippen molar-refractivity contribution in [2.45, 2.75) is 58.9 Å². The lowest BCUT2D eigenvalue weighted by Gasteiger charge is -2.33. The first kappa shape index (κ1) is 19.6. The zero-order valence-electron chi connectivity index (χ0n) is 16.2. The number of nitrogens with zero attached hydrogens (tertiary/aromatic N) is 2. The van der Waals surface area contributed by atoms with E-state index in [9.17, 15) is 9.59 Å². The molecule has 7 heteroatoms. The number of rotatable bonds is 5. The Morgan fingerprint density at radius 2 is 2.00 bits per heavy atom. The number of carbonyl (C=O) groups excluding carboxylic acids is 2. The Morgan fingerprint density at radius 3 is 2.67 bits per heavy atom. The Balaban J connectivity index is 1.70. The second-order valence-electron chi connectivity index (χ2n) is 7.15. The van der Waals surface area contributed by atoms with Crippen molar-refractivity contribution in [1.29, 1.82) is 0 Å². The molecule has 0 spiro atoms. The number of thiophene rings is 1. The number of ether oxygens (including phenoxy) is 1. The summed E-state index contributed by atoms with van der Waals surface area (Å²) < 4.78 is 5.32.